The lowest BCUT2D eigenvalue weighted by Crippen LogP contribution is -2.17. The van der Waals surface area contributed by atoms with Crippen molar-refractivity contribution in [1.82, 2.24) is 14.5 Å². The van der Waals surface area contributed by atoms with Crippen molar-refractivity contribution in [2.45, 2.75) is 52.4 Å². The second kappa shape index (κ2) is 11.2. The molecule has 220 valence electrons. The molecule has 44 heavy (non-hydrogen) atoms. The number of aromatic nitrogens is 3. The third-order valence-corrected chi connectivity index (χ3v) is 7.94. The highest BCUT2D eigenvalue weighted by Gasteiger charge is 2.25. The molecule has 5 nitrogen and oxygen atoms in total. The Hall–Kier alpha value is -5.03. The Morgan fingerprint density at radius 3 is 2.14 bits per heavy atom. The number of hydrogen-bond acceptors (Lipinski definition) is 4. The smallest absolute Gasteiger partial charge is 0.147 e. The fourth-order valence-corrected chi connectivity index (χ4v) is 5.52. The van der Waals surface area contributed by atoms with Gasteiger partial charge >= 0.3 is 0 Å². The zero-order chi connectivity index (χ0) is 31.1. The van der Waals surface area contributed by atoms with E-state index >= 15 is 0 Å². The predicted octanol–water partition coefficient (Wildman–Crippen LogP) is 9.81. The van der Waals surface area contributed by atoms with Crippen LogP contribution >= 0.6 is 0 Å². The lowest BCUT2D eigenvalue weighted by atomic mass is 9.79. The monoisotopic (exact) mass is 578 g/mol. The maximum atomic E-state index is 11.4. The van der Waals surface area contributed by atoms with Crippen LogP contribution in [0.25, 0.3) is 39.4 Å². The highest BCUT2D eigenvalue weighted by atomic mass is 16.3. The quantitative estimate of drug-likeness (QED) is 0.207. The van der Waals surface area contributed by atoms with Gasteiger partial charge in [-0.15, -0.1) is 0 Å². The summed E-state index contributed by atoms with van der Waals surface area (Å²) >= 11 is 0. The van der Waals surface area contributed by atoms with Crippen LogP contribution in [0.1, 0.15) is 58.2 Å². The molecule has 4 aromatic carbocycles. The molecular formula is C39H38N4O. The highest BCUT2D eigenvalue weighted by molar-refractivity contribution is 5.96. The average Bonchev–Trinajstić information content (AvgIpc) is 3.40. The standard InChI is InChI=1S/C39H38N4O/c1-38(2,3)27-23-26(36(44)31(24-27)39(4,5)6)25-41-33-19-11-10-17-30(33)37-42-35-29(32-20-12-13-22-40-32)18-14-21-34(35)43(37)28-15-8-7-9-16-28/h7-25,44H,1-6H3. The number of rotatable bonds is 5. The van der Waals surface area contributed by atoms with E-state index in [4.69, 9.17) is 9.98 Å². The van der Waals surface area contributed by atoms with Gasteiger partial charge in [-0.25, -0.2) is 4.98 Å². The van der Waals surface area contributed by atoms with E-state index in [1.54, 1.807) is 6.21 Å². The fraction of sp³-hybridized carbons (Fsp3) is 0.205. The van der Waals surface area contributed by atoms with Crippen molar-refractivity contribution in [3.63, 3.8) is 0 Å². The normalized spacial score (nSPS) is 12.3. The van der Waals surface area contributed by atoms with Crippen molar-refractivity contribution < 1.29 is 5.11 Å². The topological polar surface area (TPSA) is 63.3 Å². The number of para-hydroxylation sites is 3. The molecule has 0 saturated carbocycles. The van der Waals surface area contributed by atoms with Gasteiger partial charge < -0.3 is 5.11 Å². The van der Waals surface area contributed by atoms with E-state index in [2.05, 4.69) is 99.6 Å². The van der Waals surface area contributed by atoms with Crippen molar-refractivity contribution in [3.8, 4) is 34.1 Å². The largest absolute Gasteiger partial charge is 0.507 e. The van der Waals surface area contributed by atoms with Crippen LogP contribution in [-0.4, -0.2) is 25.9 Å². The van der Waals surface area contributed by atoms with Crippen LogP contribution in [0.4, 0.5) is 5.69 Å². The summed E-state index contributed by atoms with van der Waals surface area (Å²) in [7, 11) is 0. The molecule has 6 rings (SSSR count). The highest BCUT2D eigenvalue weighted by Crippen LogP contribution is 2.39. The van der Waals surface area contributed by atoms with E-state index in [1.165, 1.54) is 0 Å². The number of imidazole rings is 1. The van der Waals surface area contributed by atoms with Crippen LogP contribution in [0.5, 0.6) is 5.75 Å². The summed E-state index contributed by atoms with van der Waals surface area (Å²) in [6.07, 6.45) is 3.59. The molecule has 0 spiro atoms. The van der Waals surface area contributed by atoms with Crippen LogP contribution in [-0.2, 0) is 10.8 Å². The minimum absolute atomic E-state index is 0.0833. The van der Waals surface area contributed by atoms with Crippen molar-refractivity contribution in [1.29, 1.82) is 0 Å². The number of aromatic hydroxyl groups is 1. The predicted molar refractivity (Wildman–Crippen MR) is 182 cm³/mol. The number of aliphatic imine (C=N–C) groups is 1. The van der Waals surface area contributed by atoms with Gasteiger partial charge in [-0.1, -0.05) is 96.1 Å². The maximum Gasteiger partial charge on any atom is 0.147 e. The van der Waals surface area contributed by atoms with Crippen LogP contribution in [0.2, 0.25) is 0 Å². The van der Waals surface area contributed by atoms with E-state index in [0.717, 1.165) is 56.2 Å². The van der Waals surface area contributed by atoms with Gasteiger partial charge in [0.15, 0.2) is 0 Å². The SMILES string of the molecule is CC(C)(C)c1cc(C=Nc2ccccc2-c2nc3c(-c4ccccn4)cccc3n2-c2ccccc2)c(O)c(C(C)(C)C)c1. The Labute approximate surface area is 259 Å². The Bertz CT molecular complexity index is 1980. The number of fused-ring (bicyclic) bond motifs is 1. The summed E-state index contributed by atoms with van der Waals surface area (Å²) in [4.78, 5) is 14.9. The molecule has 6 aromatic rings. The zero-order valence-corrected chi connectivity index (χ0v) is 26.2. The molecule has 0 unspecified atom stereocenters. The fourth-order valence-electron chi connectivity index (χ4n) is 5.52. The van der Waals surface area contributed by atoms with Crippen molar-refractivity contribution in [2.75, 3.05) is 0 Å². The van der Waals surface area contributed by atoms with Gasteiger partial charge in [0, 0.05) is 40.4 Å². The summed E-state index contributed by atoms with van der Waals surface area (Å²) in [6, 6.07) is 34.6. The number of phenols is 1. The summed E-state index contributed by atoms with van der Waals surface area (Å²) < 4.78 is 2.19. The van der Waals surface area contributed by atoms with Crippen molar-refractivity contribution in [2.24, 2.45) is 4.99 Å². The molecule has 0 saturated heterocycles. The van der Waals surface area contributed by atoms with Gasteiger partial charge in [0.25, 0.3) is 0 Å². The number of pyridine rings is 1. The molecule has 2 aromatic heterocycles. The summed E-state index contributed by atoms with van der Waals surface area (Å²) in [5.74, 6) is 1.05. The van der Waals surface area contributed by atoms with Gasteiger partial charge in [0.1, 0.15) is 11.6 Å². The molecule has 1 N–H and O–H groups in total. The van der Waals surface area contributed by atoms with E-state index in [9.17, 15) is 5.11 Å². The molecular weight excluding hydrogens is 540 g/mol. The molecule has 0 bridgehead atoms. The first-order chi connectivity index (χ1) is 21.0. The first-order valence-corrected chi connectivity index (χ1v) is 15.0. The van der Waals surface area contributed by atoms with Crippen LogP contribution in [0.15, 0.2) is 114 Å². The molecule has 0 aliphatic rings. The Morgan fingerprint density at radius 1 is 0.727 bits per heavy atom. The third kappa shape index (κ3) is 5.53. The lowest BCUT2D eigenvalue weighted by Gasteiger charge is -2.27. The number of hydrogen-bond donors (Lipinski definition) is 1. The van der Waals surface area contributed by atoms with Gasteiger partial charge in [0.2, 0.25) is 0 Å². The number of phenolic OH excluding ortho intramolecular Hbond substituents is 1. The summed E-state index contributed by atoms with van der Waals surface area (Å²) in [5, 5.41) is 11.4. The number of nitrogens with zero attached hydrogens (tertiary/aromatic N) is 4. The average molecular weight is 579 g/mol. The molecule has 0 aliphatic heterocycles. The zero-order valence-electron chi connectivity index (χ0n) is 26.2. The number of benzene rings is 4. The van der Waals surface area contributed by atoms with Gasteiger partial charge in [-0.2, -0.15) is 0 Å². The molecule has 0 atom stereocenters. The molecule has 0 fully saturated rings. The molecule has 0 aliphatic carbocycles. The van der Waals surface area contributed by atoms with E-state index in [-0.39, 0.29) is 16.6 Å². The Kier molecular flexibility index (Phi) is 7.42. The Morgan fingerprint density at radius 2 is 1.43 bits per heavy atom. The van der Waals surface area contributed by atoms with Crippen LogP contribution in [0, 0.1) is 0 Å². The molecule has 0 amide bonds. The second-order valence-corrected chi connectivity index (χ2v) is 13.2. The minimum atomic E-state index is -0.225. The van der Waals surface area contributed by atoms with Crippen LogP contribution in [0.3, 0.4) is 0 Å². The van der Waals surface area contributed by atoms with Gasteiger partial charge in [-0.3, -0.25) is 14.5 Å². The first kappa shape index (κ1) is 29.1. The van der Waals surface area contributed by atoms with Crippen molar-refractivity contribution in [3.05, 3.63) is 126 Å². The van der Waals surface area contributed by atoms with Gasteiger partial charge in [-0.05, 0) is 64.9 Å². The van der Waals surface area contributed by atoms with Gasteiger partial charge in [0.05, 0.1) is 22.4 Å². The molecule has 5 heteroatoms. The summed E-state index contributed by atoms with van der Waals surface area (Å²) in [6.45, 7) is 12.9. The van der Waals surface area contributed by atoms with Crippen molar-refractivity contribution >= 4 is 22.9 Å². The first-order valence-electron chi connectivity index (χ1n) is 15.0. The van der Waals surface area contributed by atoms with E-state index in [1.807, 2.05) is 60.8 Å². The third-order valence-electron chi connectivity index (χ3n) is 7.94. The molecule has 2 heterocycles. The Balaban J connectivity index is 1.56. The van der Waals surface area contributed by atoms with Crippen LogP contribution < -0.4 is 0 Å². The molecule has 0 radical (unpaired) electrons. The maximum absolute atomic E-state index is 11.4. The lowest BCUT2D eigenvalue weighted by molar-refractivity contribution is 0.444. The second-order valence-electron chi connectivity index (χ2n) is 13.2. The minimum Gasteiger partial charge on any atom is -0.507 e. The van der Waals surface area contributed by atoms with E-state index in [0.29, 0.717) is 5.56 Å². The summed E-state index contributed by atoms with van der Waals surface area (Å²) in [5.41, 5.74) is 8.81. The van der Waals surface area contributed by atoms with E-state index < -0.39 is 0 Å².